The van der Waals surface area contributed by atoms with Crippen molar-refractivity contribution in [3.63, 3.8) is 0 Å². The van der Waals surface area contributed by atoms with E-state index in [1.54, 1.807) is 0 Å². The number of aromatic nitrogens is 1. The highest BCUT2D eigenvalue weighted by atomic mass is 32.1. The number of H-pyrrole nitrogens is 1. The van der Waals surface area contributed by atoms with Crippen LogP contribution in [0.1, 0.15) is 56.6 Å². The average molecular weight is 414 g/mol. The molecule has 6 heteroatoms. The van der Waals surface area contributed by atoms with Crippen molar-refractivity contribution in [1.29, 1.82) is 0 Å². The van der Waals surface area contributed by atoms with E-state index in [4.69, 9.17) is 17.0 Å². The van der Waals surface area contributed by atoms with Crippen molar-refractivity contribution in [2.75, 3.05) is 13.2 Å². The van der Waals surface area contributed by atoms with Gasteiger partial charge in [-0.1, -0.05) is 25.8 Å². The second-order valence-electron chi connectivity index (χ2n) is 8.29. The monoisotopic (exact) mass is 413 g/mol. The van der Waals surface area contributed by atoms with Gasteiger partial charge in [-0.3, -0.25) is 4.79 Å². The van der Waals surface area contributed by atoms with E-state index in [0.717, 1.165) is 66.8 Å². The van der Waals surface area contributed by atoms with Crippen molar-refractivity contribution < 1.29 is 4.74 Å². The summed E-state index contributed by atoms with van der Waals surface area (Å²) in [5, 5.41) is 5.25. The molecule has 29 heavy (non-hydrogen) atoms. The Hall–Kier alpha value is -1.92. The molecule has 1 saturated carbocycles. The molecule has 156 valence electrons. The molecule has 2 heterocycles. The van der Waals surface area contributed by atoms with Crippen LogP contribution >= 0.6 is 12.2 Å². The number of thiocarbonyl (C=S) groups is 1. The summed E-state index contributed by atoms with van der Waals surface area (Å²) in [5.74, 6) is 0. The van der Waals surface area contributed by atoms with E-state index in [2.05, 4.69) is 34.3 Å². The zero-order valence-electron chi connectivity index (χ0n) is 17.2. The number of fused-ring (bicyclic) bond motifs is 1. The maximum Gasteiger partial charge on any atom is 0.253 e. The molecule has 2 fully saturated rings. The molecule has 4 rings (SSSR count). The average Bonchev–Trinajstić information content (AvgIpc) is 3.44. The molecule has 2 aliphatic rings. The Morgan fingerprint density at radius 2 is 2.07 bits per heavy atom. The van der Waals surface area contributed by atoms with Gasteiger partial charge in [0, 0.05) is 30.3 Å². The first-order valence-corrected chi connectivity index (χ1v) is 11.4. The Balaban J connectivity index is 1.55. The molecule has 0 spiro atoms. The number of nitrogens with zero attached hydrogens (tertiary/aromatic N) is 1. The van der Waals surface area contributed by atoms with Gasteiger partial charge in [0.2, 0.25) is 0 Å². The minimum Gasteiger partial charge on any atom is -0.376 e. The van der Waals surface area contributed by atoms with E-state index in [-0.39, 0.29) is 11.7 Å². The topological polar surface area (TPSA) is 57.4 Å². The zero-order valence-corrected chi connectivity index (χ0v) is 18.0. The van der Waals surface area contributed by atoms with E-state index >= 15 is 0 Å². The molecule has 1 aliphatic heterocycles. The van der Waals surface area contributed by atoms with Crippen LogP contribution in [0.15, 0.2) is 29.1 Å². The molecule has 1 atom stereocenters. The number of hydrogen-bond donors (Lipinski definition) is 2. The Labute approximate surface area is 177 Å². The lowest BCUT2D eigenvalue weighted by Crippen LogP contribution is -2.47. The van der Waals surface area contributed by atoms with Crippen LogP contribution in [0.2, 0.25) is 0 Å². The number of benzene rings is 1. The van der Waals surface area contributed by atoms with Crippen LogP contribution in [0.25, 0.3) is 10.9 Å². The maximum atomic E-state index is 12.8. The van der Waals surface area contributed by atoms with Gasteiger partial charge < -0.3 is 19.9 Å². The summed E-state index contributed by atoms with van der Waals surface area (Å²) >= 11 is 5.77. The Bertz CT molecular complexity index is 914. The predicted octanol–water partition coefficient (Wildman–Crippen LogP) is 3.89. The number of pyridine rings is 1. The van der Waals surface area contributed by atoms with E-state index in [0.29, 0.717) is 12.6 Å². The largest absolute Gasteiger partial charge is 0.376 e. The lowest BCUT2D eigenvalue weighted by Gasteiger charge is -2.32. The van der Waals surface area contributed by atoms with Crippen LogP contribution in [0.3, 0.4) is 0 Å². The molecular weight excluding hydrogens is 382 g/mol. The van der Waals surface area contributed by atoms with Crippen LogP contribution in [0.5, 0.6) is 0 Å². The first-order valence-electron chi connectivity index (χ1n) is 10.9. The van der Waals surface area contributed by atoms with Crippen LogP contribution in [0, 0.1) is 0 Å². The second kappa shape index (κ2) is 9.26. The number of ether oxygens (including phenoxy) is 1. The lowest BCUT2D eigenvalue weighted by molar-refractivity contribution is 0.113. The third kappa shape index (κ3) is 4.81. The molecule has 2 N–H and O–H groups in total. The quantitative estimate of drug-likeness (QED) is 0.704. The highest BCUT2D eigenvalue weighted by molar-refractivity contribution is 7.80. The van der Waals surface area contributed by atoms with Crippen molar-refractivity contribution in [3.8, 4) is 0 Å². The fourth-order valence-electron chi connectivity index (χ4n) is 4.51. The molecule has 0 bridgehead atoms. The van der Waals surface area contributed by atoms with E-state index in [1.807, 2.05) is 12.1 Å². The van der Waals surface area contributed by atoms with Gasteiger partial charge in [0.05, 0.1) is 12.6 Å². The summed E-state index contributed by atoms with van der Waals surface area (Å²) in [6, 6.07) is 8.69. The molecule has 1 aromatic heterocycles. The van der Waals surface area contributed by atoms with Crippen molar-refractivity contribution in [2.24, 2.45) is 0 Å². The summed E-state index contributed by atoms with van der Waals surface area (Å²) in [6.45, 7) is 4.28. The lowest BCUT2D eigenvalue weighted by atomic mass is 10.1. The summed E-state index contributed by atoms with van der Waals surface area (Å²) < 4.78 is 5.72. The van der Waals surface area contributed by atoms with Crippen molar-refractivity contribution in [3.05, 3.63) is 45.7 Å². The van der Waals surface area contributed by atoms with E-state index in [1.165, 1.54) is 18.4 Å². The van der Waals surface area contributed by atoms with E-state index in [9.17, 15) is 4.79 Å². The molecule has 0 amide bonds. The van der Waals surface area contributed by atoms with Gasteiger partial charge in [0.1, 0.15) is 0 Å². The molecule has 2 aromatic rings. The summed E-state index contributed by atoms with van der Waals surface area (Å²) in [4.78, 5) is 18.1. The third-order valence-corrected chi connectivity index (χ3v) is 6.64. The first kappa shape index (κ1) is 20.4. The minimum atomic E-state index is -0.0216. The van der Waals surface area contributed by atoms with Crippen molar-refractivity contribution in [1.82, 2.24) is 15.2 Å². The molecular formula is C23H31N3O2S. The highest BCUT2D eigenvalue weighted by Crippen LogP contribution is 2.25. The van der Waals surface area contributed by atoms with Gasteiger partial charge in [-0.2, -0.15) is 0 Å². The van der Waals surface area contributed by atoms with Gasteiger partial charge in [-0.15, -0.1) is 0 Å². The maximum absolute atomic E-state index is 12.8. The summed E-state index contributed by atoms with van der Waals surface area (Å²) in [6.07, 6.45) is 8.15. The zero-order chi connectivity index (χ0) is 20.2. The number of hydrogen-bond acceptors (Lipinski definition) is 3. The van der Waals surface area contributed by atoms with Crippen molar-refractivity contribution >= 4 is 28.2 Å². The van der Waals surface area contributed by atoms with Crippen LogP contribution < -0.4 is 10.9 Å². The van der Waals surface area contributed by atoms with E-state index < -0.39 is 0 Å². The van der Waals surface area contributed by atoms with Gasteiger partial charge in [0.25, 0.3) is 5.56 Å². The molecule has 5 nitrogen and oxygen atoms in total. The highest BCUT2D eigenvalue weighted by Gasteiger charge is 2.26. The molecule has 1 aliphatic carbocycles. The second-order valence-corrected chi connectivity index (χ2v) is 8.67. The molecule has 0 radical (unpaired) electrons. The van der Waals surface area contributed by atoms with Gasteiger partial charge in [-0.05, 0) is 73.5 Å². The standard InChI is InChI=1S/C23H31N3O2S/c1-2-16-9-10-21-17(12-16)13-18(22(27)25-21)15-26(19-6-3-4-7-19)23(29)24-14-20-8-5-11-28-20/h9-10,12-13,19-20H,2-8,11,14-15H2,1H3,(H,24,29)(H,25,27)/t20-/m0/s1. The van der Waals surface area contributed by atoms with Gasteiger partial charge in [-0.25, -0.2) is 0 Å². The summed E-state index contributed by atoms with van der Waals surface area (Å²) in [5.41, 5.74) is 2.92. The van der Waals surface area contributed by atoms with Crippen LogP contribution in [0.4, 0.5) is 0 Å². The smallest absolute Gasteiger partial charge is 0.253 e. The number of rotatable bonds is 6. The minimum absolute atomic E-state index is 0.0216. The molecule has 0 unspecified atom stereocenters. The van der Waals surface area contributed by atoms with Crippen LogP contribution in [-0.2, 0) is 17.7 Å². The predicted molar refractivity (Wildman–Crippen MR) is 121 cm³/mol. The number of nitrogens with one attached hydrogen (secondary N) is 2. The Morgan fingerprint density at radius 3 is 2.79 bits per heavy atom. The molecule has 1 saturated heterocycles. The number of aromatic amines is 1. The van der Waals surface area contributed by atoms with Crippen molar-refractivity contribution in [2.45, 2.75) is 70.6 Å². The van der Waals surface area contributed by atoms with Gasteiger partial charge >= 0.3 is 0 Å². The molecule has 1 aromatic carbocycles. The third-order valence-electron chi connectivity index (χ3n) is 6.27. The normalized spacial score (nSPS) is 19.7. The fourth-order valence-corrected chi connectivity index (χ4v) is 4.81. The first-order chi connectivity index (χ1) is 14.1. The number of aryl methyl sites for hydroxylation is 1. The van der Waals surface area contributed by atoms with Gasteiger partial charge in [0.15, 0.2) is 5.11 Å². The SMILES string of the molecule is CCc1ccc2[nH]c(=O)c(CN(C(=S)NC[C@@H]3CCCO3)C3CCCC3)cc2c1. The fraction of sp³-hybridized carbons (Fsp3) is 0.565. The Kier molecular flexibility index (Phi) is 6.50. The summed E-state index contributed by atoms with van der Waals surface area (Å²) in [7, 11) is 0. The van der Waals surface area contributed by atoms with Crippen LogP contribution in [-0.4, -0.2) is 40.3 Å². The Morgan fingerprint density at radius 1 is 1.24 bits per heavy atom.